The van der Waals surface area contributed by atoms with Crippen molar-refractivity contribution in [2.45, 2.75) is 25.6 Å². The molecule has 0 aliphatic carbocycles. The summed E-state index contributed by atoms with van der Waals surface area (Å²) >= 11 is 5.62. The Hall–Kier alpha value is -2.73. The van der Waals surface area contributed by atoms with Gasteiger partial charge < -0.3 is 14.6 Å². The second kappa shape index (κ2) is 6.64. The van der Waals surface area contributed by atoms with Crippen LogP contribution in [0.25, 0.3) is 0 Å². The minimum Gasteiger partial charge on any atom is -0.464 e. The van der Waals surface area contributed by atoms with Crippen LogP contribution in [-0.2, 0) is 6.54 Å². The van der Waals surface area contributed by atoms with Gasteiger partial charge in [-0.15, -0.1) is 0 Å². The lowest BCUT2D eigenvalue weighted by atomic mass is 10.0. The summed E-state index contributed by atoms with van der Waals surface area (Å²) in [6.45, 7) is 2.56. The third-order valence-electron chi connectivity index (χ3n) is 4.31. The van der Waals surface area contributed by atoms with E-state index in [1.165, 1.54) is 0 Å². The van der Waals surface area contributed by atoms with Crippen molar-refractivity contribution >= 4 is 17.3 Å². The molecule has 1 aliphatic heterocycles. The van der Waals surface area contributed by atoms with E-state index in [4.69, 9.17) is 16.6 Å². The average Bonchev–Trinajstić information content (AvgIpc) is 3.20. The zero-order valence-corrected chi connectivity index (χ0v) is 14.6. The topological polar surface area (TPSA) is 54.2 Å². The average molecular weight is 350 g/mol. The molecule has 3 aromatic heterocycles. The van der Waals surface area contributed by atoms with Gasteiger partial charge >= 0.3 is 0 Å². The second-order valence-corrected chi connectivity index (χ2v) is 6.41. The highest BCUT2D eigenvalue weighted by atomic mass is 32.1. The van der Waals surface area contributed by atoms with Crippen molar-refractivity contribution in [1.82, 2.24) is 20.2 Å². The monoisotopic (exact) mass is 350 g/mol. The van der Waals surface area contributed by atoms with Crippen molar-refractivity contribution in [1.29, 1.82) is 0 Å². The highest BCUT2D eigenvalue weighted by molar-refractivity contribution is 7.80. The summed E-state index contributed by atoms with van der Waals surface area (Å²) in [6, 6.07) is 15.6. The maximum Gasteiger partial charge on any atom is 0.170 e. The Morgan fingerprint density at radius 1 is 1.08 bits per heavy atom. The minimum absolute atomic E-state index is 0.0667. The normalized spacial score (nSPS) is 19.9. The summed E-state index contributed by atoms with van der Waals surface area (Å²) in [6.07, 6.45) is 3.59. The van der Waals surface area contributed by atoms with Crippen LogP contribution >= 0.6 is 12.2 Å². The van der Waals surface area contributed by atoms with Crippen LogP contribution in [0.1, 0.15) is 35.0 Å². The van der Waals surface area contributed by atoms with Crippen molar-refractivity contribution in [3.63, 3.8) is 0 Å². The third-order valence-corrected chi connectivity index (χ3v) is 4.66. The lowest BCUT2D eigenvalue weighted by Crippen LogP contribution is -2.29. The minimum atomic E-state index is -0.0712. The molecule has 1 saturated heterocycles. The molecule has 3 aromatic rings. The molecule has 1 fully saturated rings. The van der Waals surface area contributed by atoms with Gasteiger partial charge in [-0.2, -0.15) is 0 Å². The fourth-order valence-corrected chi connectivity index (χ4v) is 3.47. The van der Waals surface area contributed by atoms with E-state index in [9.17, 15) is 0 Å². The second-order valence-electron chi connectivity index (χ2n) is 6.02. The van der Waals surface area contributed by atoms with Crippen LogP contribution in [0.2, 0.25) is 0 Å². The molecule has 126 valence electrons. The van der Waals surface area contributed by atoms with E-state index in [1.54, 1.807) is 12.4 Å². The fraction of sp³-hybridized carbons (Fsp3) is 0.211. The van der Waals surface area contributed by atoms with Crippen LogP contribution in [0.15, 0.2) is 65.3 Å². The Kier molecular flexibility index (Phi) is 4.19. The van der Waals surface area contributed by atoms with E-state index < -0.39 is 0 Å². The number of furan rings is 1. The van der Waals surface area contributed by atoms with E-state index >= 15 is 0 Å². The SMILES string of the molecule is Cc1ccc([C@@H]2[C@@H](c3ccccn3)NC(=S)N2Cc2ccccn2)o1. The predicted molar refractivity (Wildman–Crippen MR) is 98.7 cm³/mol. The van der Waals surface area contributed by atoms with Gasteiger partial charge in [0.15, 0.2) is 5.11 Å². The van der Waals surface area contributed by atoms with Crippen LogP contribution in [0.4, 0.5) is 0 Å². The van der Waals surface area contributed by atoms with Gasteiger partial charge in [0.25, 0.3) is 0 Å². The van der Waals surface area contributed by atoms with Gasteiger partial charge in [0.2, 0.25) is 0 Å². The molecule has 25 heavy (non-hydrogen) atoms. The molecule has 0 amide bonds. The Morgan fingerprint density at radius 2 is 1.88 bits per heavy atom. The van der Waals surface area contributed by atoms with Gasteiger partial charge in [0.1, 0.15) is 17.6 Å². The Balaban J connectivity index is 1.72. The summed E-state index contributed by atoms with van der Waals surface area (Å²) in [5.74, 6) is 1.75. The van der Waals surface area contributed by atoms with Crippen LogP contribution in [0.5, 0.6) is 0 Å². The van der Waals surface area contributed by atoms with Gasteiger partial charge in [0.05, 0.1) is 24.0 Å². The molecule has 0 saturated carbocycles. The number of hydrogen-bond donors (Lipinski definition) is 1. The quantitative estimate of drug-likeness (QED) is 0.726. The van der Waals surface area contributed by atoms with E-state index in [0.717, 1.165) is 22.9 Å². The largest absolute Gasteiger partial charge is 0.464 e. The van der Waals surface area contributed by atoms with E-state index in [2.05, 4.69) is 20.2 Å². The maximum absolute atomic E-state index is 5.95. The van der Waals surface area contributed by atoms with Gasteiger partial charge in [-0.05, 0) is 55.5 Å². The lowest BCUT2D eigenvalue weighted by molar-refractivity contribution is 0.262. The molecule has 0 radical (unpaired) electrons. The lowest BCUT2D eigenvalue weighted by Gasteiger charge is -2.25. The molecule has 4 heterocycles. The molecule has 5 nitrogen and oxygen atoms in total. The Bertz CT molecular complexity index is 865. The molecule has 4 rings (SSSR count). The number of nitrogens with zero attached hydrogens (tertiary/aromatic N) is 3. The van der Waals surface area contributed by atoms with Gasteiger partial charge in [-0.3, -0.25) is 9.97 Å². The van der Waals surface area contributed by atoms with Crippen molar-refractivity contribution in [2.75, 3.05) is 0 Å². The number of rotatable bonds is 4. The van der Waals surface area contributed by atoms with Crippen LogP contribution in [0.3, 0.4) is 0 Å². The molecule has 1 aliphatic rings. The first-order valence-electron chi connectivity index (χ1n) is 8.16. The number of aromatic nitrogens is 2. The summed E-state index contributed by atoms with van der Waals surface area (Å²) in [4.78, 5) is 11.1. The van der Waals surface area contributed by atoms with Crippen molar-refractivity contribution in [3.05, 3.63) is 83.8 Å². The standard InChI is InChI=1S/C19H18N4OS/c1-13-8-9-16(24-13)18-17(15-7-3-5-11-21-15)22-19(25)23(18)12-14-6-2-4-10-20-14/h2-11,17-18H,12H2,1H3,(H,22,25)/t17-,18-/m1/s1. The van der Waals surface area contributed by atoms with E-state index in [1.807, 2.05) is 55.5 Å². The smallest absolute Gasteiger partial charge is 0.170 e. The number of thiocarbonyl (C=S) groups is 1. The van der Waals surface area contributed by atoms with Gasteiger partial charge in [-0.25, -0.2) is 0 Å². The third kappa shape index (κ3) is 3.13. The predicted octanol–water partition coefficient (Wildman–Crippen LogP) is 3.55. The number of nitrogens with one attached hydrogen (secondary N) is 1. The fourth-order valence-electron chi connectivity index (χ4n) is 3.16. The Morgan fingerprint density at radius 3 is 2.52 bits per heavy atom. The molecule has 1 N–H and O–H groups in total. The number of pyridine rings is 2. The van der Waals surface area contributed by atoms with Gasteiger partial charge in [-0.1, -0.05) is 12.1 Å². The zero-order chi connectivity index (χ0) is 17.2. The van der Waals surface area contributed by atoms with E-state index in [0.29, 0.717) is 11.7 Å². The van der Waals surface area contributed by atoms with Crippen molar-refractivity contribution < 1.29 is 4.42 Å². The highest BCUT2D eigenvalue weighted by Crippen LogP contribution is 2.39. The molecule has 0 aromatic carbocycles. The van der Waals surface area contributed by atoms with E-state index in [-0.39, 0.29) is 12.1 Å². The van der Waals surface area contributed by atoms with Crippen molar-refractivity contribution in [3.8, 4) is 0 Å². The van der Waals surface area contributed by atoms with Crippen LogP contribution < -0.4 is 5.32 Å². The molecular weight excluding hydrogens is 332 g/mol. The Labute approximate surface area is 151 Å². The molecule has 2 atom stereocenters. The van der Waals surface area contributed by atoms with Crippen LogP contribution in [-0.4, -0.2) is 20.0 Å². The first kappa shape index (κ1) is 15.8. The summed E-state index contributed by atoms with van der Waals surface area (Å²) in [5.41, 5.74) is 1.90. The summed E-state index contributed by atoms with van der Waals surface area (Å²) < 4.78 is 5.95. The molecule has 6 heteroatoms. The molecular formula is C19H18N4OS. The van der Waals surface area contributed by atoms with Gasteiger partial charge in [0, 0.05) is 12.4 Å². The first-order valence-corrected chi connectivity index (χ1v) is 8.57. The molecule has 0 unspecified atom stereocenters. The molecule has 0 bridgehead atoms. The first-order chi connectivity index (χ1) is 12.2. The van der Waals surface area contributed by atoms with Crippen molar-refractivity contribution in [2.24, 2.45) is 0 Å². The van der Waals surface area contributed by atoms with Crippen LogP contribution in [0, 0.1) is 6.92 Å². The molecule has 0 spiro atoms. The summed E-state index contributed by atoms with van der Waals surface area (Å²) in [7, 11) is 0. The zero-order valence-electron chi connectivity index (χ0n) is 13.8. The highest BCUT2D eigenvalue weighted by Gasteiger charge is 2.41. The maximum atomic E-state index is 5.95. The number of hydrogen-bond acceptors (Lipinski definition) is 4. The summed E-state index contributed by atoms with van der Waals surface area (Å²) in [5, 5.41) is 4.09. The number of aryl methyl sites for hydroxylation is 1.